The number of nitrogens with two attached hydrogens (primary N) is 1. The average Bonchev–Trinajstić information content (AvgIpc) is 2.41. The molecule has 0 atom stereocenters. The highest BCUT2D eigenvalue weighted by Gasteiger charge is 2.09. The molecule has 1 aliphatic heterocycles. The number of nitrogens with zero attached hydrogens (tertiary/aromatic N) is 1. The number of hydrogen-bond acceptors (Lipinski definition) is 3. The number of piperazine rings is 1. The van der Waals surface area contributed by atoms with E-state index in [9.17, 15) is 0 Å². The van der Waals surface area contributed by atoms with E-state index in [0.717, 1.165) is 38.2 Å². The predicted molar refractivity (Wildman–Crippen MR) is 72.1 cm³/mol. The van der Waals surface area contributed by atoms with Gasteiger partial charge in [-0.05, 0) is 24.3 Å². The third kappa shape index (κ3) is 3.48. The molecule has 1 fully saturated rings. The summed E-state index contributed by atoms with van der Waals surface area (Å²) in [6.07, 6.45) is 0.763. The fraction of sp³-hybridized carbons (Fsp3) is 0.429. The summed E-state index contributed by atoms with van der Waals surface area (Å²) in [6.45, 7) is 4.93. The fourth-order valence-corrected chi connectivity index (χ4v) is 1.92. The van der Waals surface area contributed by atoms with Gasteiger partial charge in [-0.25, -0.2) is 0 Å². The zero-order valence-corrected chi connectivity index (χ0v) is 10.1. The first kappa shape index (κ1) is 12.0. The molecular weight excluding hydrogens is 210 g/mol. The van der Waals surface area contributed by atoms with Crippen molar-refractivity contribution in [1.29, 1.82) is 0 Å². The van der Waals surface area contributed by atoms with Crippen molar-refractivity contribution in [3.8, 4) is 11.8 Å². The summed E-state index contributed by atoms with van der Waals surface area (Å²) in [5.41, 5.74) is 7.75. The van der Waals surface area contributed by atoms with Gasteiger partial charge in [-0.3, -0.25) is 0 Å². The second-order valence-electron chi connectivity index (χ2n) is 4.12. The number of anilines is 1. The van der Waals surface area contributed by atoms with E-state index >= 15 is 0 Å². The van der Waals surface area contributed by atoms with Gasteiger partial charge in [-0.1, -0.05) is 11.8 Å². The van der Waals surface area contributed by atoms with Crippen LogP contribution in [0.3, 0.4) is 0 Å². The quantitative estimate of drug-likeness (QED) is 0.737. The zero-order chi connectivity index (χ0) is 11.9. The first-order valence-electron chi connectivity index (χ1n) is 6.15. The molecule has 3 heteroatoms. The Morgan fingerprint density at radius 2 is 1.88 bits per heavy atom. The Morgan fingerprint density at radius 1 is 1.18 bits per heavy atom. The van der Waals surface area contributed by atoms with E-state index in [0.29, 0.717) is 6.54 Å². The predicted octanol–water partition coefficient (Wildman–Crippen LogP) is 0.796. The molecule has 0 bridgehead atoms. The minimum absolute atomic E-state index is 0.631. The normalized spacial score (nSPS) is 15.2. The highest BCUT2D eigenvalue weighted by molar-refractivity contribution is 5.50. The van der Waals surface area contributed by atoms with Crippen LogP contribution in [0.2, 0.25) is 0 Å². The van der Waals surface area contributed by atoms with Crippen molar-refractivity contribution in [2.45, 2.75) is 6.42 Å². The standard InChI is InChI=1S/C14H19N3/c15-8-2-1-3-13-4-6-14(7-5-13)17-11-9-16-10-12-17/h4-7,16H,2,8-12,15H2. The molecule has 0 aliphatic carbocycles. The lowest BCUT2D eigenvalue weighted by Gasteiger charge is -2.29. The molecule has 0 spiro atoms. The monoisotopic (exact) mass is 229 g/mol. The molecule has 1 aliphatic rings. The summed E-state index contributed by atoms with van der Waals surface area (Å²) >= 11 is 0. The maximum atomic E-state index is 5.40. The second-order valence-corrected chi connectivity index (χ2v) is 4.12. The molecule has 1 saturated heterocycles. The highest BCUT2D eigenvalue weighted by atomic mass is 15.2. The Morgan fingerprint density at radius 3 is 2.53 bits per heavy atom. The van der Waals surface area contributed by atoms with E-state index in [-0.39, 0.29) is 0 Å². The van der Waals surface area contributed by atoms with Crippen molar-refractivity contribution in [2.75, 3.05) is 37.6 Å². The van der Waals surface area contributed by atoms with Crippen LogP contribution in [0, 0.1) is 11.8 Å². The van der Waals surface area contributed by atoms with Gasteiger partial charge < -0.3 is 16.0 Å². The van der Waals surface area contributed by atoms with Crippen LogP contribution in [-0.4, -0.2) is 32.7 Å². The Kier molecular flexibility index (Phi) is 4.43. The molecule has 90 valence electrons. The van der Waals surface area contributed by atoms with E-state index in [1.807, 2.05) is 0 Å². The molecule has 0 amide bonds. The maximum Gasteiger partial charge on any atom is 0.0367 e. The molecule has 0 unspecified atom stereocenters. The van der Waals surface area contributed by atoms with Crippen LogP contribution < -0.4 is 16.0 Å². The van der Waals surface area contributed by atoms with E-state index in [4.69, 9.17) is 5.73 Å². The van der Waals surface area contributed by atoms with Crippen LogP contribution >= 0.6 is 0 Å². The molecule has 3 nitrogen and oxygen atoms in total. The molecule has 0 aromatic heterocycles. The van der Waals surface area contributed by atoms with Crippen molar-refractivity contribution >= 4 is 5.69 Å². The van der Waals surface area contributed by atoms with Crippen LogP contribution in [0.25, 0.3) is 0 Å². The number of nitrogens with one attached hydrogen (secondary N) is 1. The Bertz CT molecular complexity index is 394. The second kappa shape index (κ2) is 6.29. The Labute approximate surface area is 103 Å². The fourth-order valence-electron chi connectivity index (χ4n) is 1.92. The summed E-state index contributed by atoms with van der Waals surface area (Å²) in [5, 5.41) is 3.35. The Hall–Kier alpha value is -1.50. The largest absolute Gasteiger partial charge is 0.369 e. The molecule has 1 aromatic rings. The lowest BCUT2D eigenvalue weighted by atomic mass is 10.2. The lowest BCUT2D eigenvalue weighted by molar-refractivity contribution is 0.589. The van der Waals surface area contributed by atoms with Crippen LogP contribution in [0.15, 0.2) is 24.3 Å². The maximum absolute atomic E-state index is 5.40. The number of rotatable bonds is 2. The van der Waals surface area contributed by atoms with E-state index < -0.39 is 0 Å². The van der Waals surface area contributed by atoms with Gasteiger partial charge in [0.1, 0.15) is 0 Å². The summed E-state index contributed by atoms with van der Waals surface area (Å²) in [7, 11) is 0. The Balaban J connectivity index is 2.00. The summed E-state index contributed by atoms with van der Waals surface area (Å²) < 4.78 is 0. The number of hydrogen-bond donors (Lipinski definition) is 2. The molecular formula is C14H19N3. The van der Waals surface area contributed by atoms with E-state index in [2.05, 4.69) is 46.3 Å². The molecule has 17 heavy (non-hydrogen) atoms. The van der Waals surface area contributed by atoms with E-state index in [1.165, 1.54) is 5.69 Å². The van der Waals surface area contributed by atoms with Crippen LogP contribution in [0.5, 0.6) is 0 Å². The first-order chi connectivity index (χ1) is 8.40. The van der Waals surface area contributed by atoms with E-state index in [1.54, 1.807) is 0 Å². The molecule has 0 saturated carbocycles. The highest BCUT2D eigenvalue weighted by Crippen LogP contribution is 2.15. The number of benzene rings is 1. The third-order valence-corrected chi connectivity index (χ3v) is 2.85. The van der Waals surface area contributed by atoms with Crippen molar-refractivity contribution in [2.24, 2.45) is 5.73 Å². The van der Waals surface area contributed by atoms with Gasteiger partial charge in [0.2, 0.25) is 0 Å². The van der Waals surface area contributed by atoms with Gasteiger partial charge in [0.05, 0.1) is 0 Å². The van der Waals surface area contributed by atoms with Gasteiger partial charge in [-0.2, -0.15) is 0 Å². The average molecular weight is 229 g/mol. The molecule has 2 rings (SSSR count). The van der Waals surface area contributed by atoms with Crippen molar-refractivity contribution in [1.82, 2.24) is 5.32 Å². The van der Waals surface area contributed by atoms with Crippen LogP contribution in [0.4, 0.5) is 5.69 Å². The summed E-state index contributed by atoms with van der Waals surface area (Å²) in [4.78, 5) is 2.40. The van der Waals surface area contributed by atoms with Gasteiger partial charge in [0.25, 0.3) is 0 Å². The topological polar surface area (TPSA) is 41.3 Å². The first-order valence-corrected chi connectivity index (χ1v) is 6.15. The smallest absolute Gasteiger partial charge is 0.0367 e. The summed E-state index contributed by atoms with van der Waals surface area (Å²) in [5.74, 6) is 6.17. The van der Waals surface area contributed by atoms with Crippen molar-refractivity contribution in [3.05, 3.63) is 29.8 Å². The van der Waals surface area contributed by atoms with Gasteiger partial charge >= 0.3 is 0 Å². The van der Waals surface area contributed by atoms with Gasteiger partial charge in [0.15, 0.2) is 0 Å². The van der Waals surface area contributed by atoms with Crippen molar-refractivity contribution < 1.29 is 0 Å². The molecule has 0 radical (unpaired) electrons. The lowest BCUT2D eigenvalue weighted by Crippen LogP contribution is -2.43. The van der Waals surface area contributed by atoms with Crippen LogP contribution in [0.1, 0.15) is 12.0 Å². The van der Waals surface area contributed by atoms with Gasteiger partial charge in [0, 0.05) is 50.4 Å². The van der Waals surface area contributed by atoms with Crippen molar-refractivity contribution in [3.63, 3.8) is 0 Å². The zero-order valence-electron chi connectivity index (χ0n) is 10.1. The molecule has 1 heterocycles. The van der Waals surface area contributed by atoms with Gasteiger partial charge in [-0.15, -0.1) is 0 Å². The van der Waals surface area contributed by atoms with Crippen LogP contribution in [-0.2, 0) is 0 Å². The summed E-state index contributed by atoms with van der Waals surface area (Å²) in [6, 6.07) is 8.47. The third-order valence-electron chi connectivity index (χ3n) is 2.85. The molecule has 3 N–H and O–H groups in total. The molecule has 1 aromatic carbocycles. The minimum Gasteiger partial charge on any atom is -0.369 e. The SMILES string of the molecule is NCCC#Cc1ccc(N2CCNCC2)cc1. The minimum atomic E-state index is 0.631.